The molecule has 0 atom stereocenters. The number of thiophene rings is 1. The number of hydrogen-bond donors (Lipinski definition) is 1. The van der Waals surface area contributed by atoms with Gasteiger partial charge in [-0.15, -0.1) is 11.3 Å². The predicted molar refractivity (Wildman–Crippen MR) is 115 cm³/mol. The summed E-state index contributed by atoms with van der Waals surface area (Å²) in [4.78, 5) is 17.0. The van der Waals surface area contributed by atoms with Crippen molar-refractivity contribution in [2.24, 2.45) is 0 Å². The molecular formula is C22H25N3O2S. The van der Waals surface area contributed by atoms with Gasteiger partial charge in [0.05, 0.1) is 13.7 Å². The molecule has 1 aromatic heterocycles. The summed E-state index contributed by atoms with van der Waals surface area (Å²) in [6.07, 6.45) is 0. The van der Waals surface area contributed by atoms with E-state index in [9.17, 15) is 4.79 Å². The van der Waals surface area contributed by atoms with Gasteiger partial charge in [0.15, 0.2) is 0 Å². The van der Waals surface area contributed by atoms with Crippen molar-refractivity contribution >= 4 is 33.0 Å². The average Bonchev–Trinajstić information content (AvgIpc) is 3.13. The van der Waals surface area contributed by atoms with E-state index in [1.54, 1.807) is 7.11 Å². The van der Waals surface area contributed by atoms with Crippen LogP contribution in [0.3, 0.4) is 0 Å². The van der Waals surface area contributed by atoms with E-state index >= 15 is 0 Å². The standard InChI is InChI=1S/C22H25N3O2S/c1-27-19-8-6-18(7-9-19)23-22(26)15-25-12-10-24(11-13-25)14-17-16-28-21-5-3-2-4-20(17)21/h2-9,16H,10-15H2,1H3,(H,23,26). The molecule has 6 heteroatoms. The van der Waals surface area contributed by atoms with Crippen LogP contribution in [-0.4, -0.2) is 55.5 Å². The zero-order valence-electron chi connectivity index (χ0n) is 16.1. The lowest BCUT2D eigenvalue weighted by Gasteiger charge is -2.34. The Bertz CT molecular complexity index is 930. The van der Waals surface area contributed by atoms with E-state index in [1.165, 1.54) is 15.6 Å². The van der Waals surface area contributed by atoms with E-state index in [1.807, 2.05) is 35.6 Å². The molecule has 1 saturated heterocycles. The second kappa shape index (κ2) is 8.73. The largest absolute Gasteiger partial charge is 0.497 e. The van der Waals surface area contributed by atoms with Crippen LogP contribution in [0.2, 0.25) is 0 Å². The Balaban J connectivity index is 1.25. The maximum Gasteiger partial charge on any atom is 0.238 e. The molecule has 3 aromatic rings. The molecule has 28 heavy (non-hydrogen) atoms. The van der Waals surface area contributed by atoms with Gasteiger partial charge in [-0.3, -0.25) is 14.6 Å². The first-order chi connectivity index (χ1) is 13.7. The van der Waals surface area contributed by atoms with E-state index in [2.05, 4.69) is 44.8 Å². The number of nitrogens with zero attached hydrogens (tertiary/aromatic N) is 2. The van der Waals surface area contributed by atoms with Crippen LogP contribution in [0.15, 0.2) is 53.9 Å². The lowest BCUT2D eigenvalue weighted by Crippen LogP contribution is -2.48. The Morgan fingerprint density at radius 1 is 1.04 bits per heavy atom. The summed E-state index contributed by atoms with van der Waals surface area (Å²) in [6, 6.07) is 16.0. The van der Waals surface area contributed by atoms with Gasteiger partial charge in [0.2, 0.25) is 5.91 Å². The monoisotopic (exact) mass is 395 g/mol. The number of rotatable bonds is 6. The fraction of sp³-hybridized carbons (Fsp3) is 0.318. The molecule has 1 aliphatic heterocycles. The fourth-order valence-corrected chi connectivity index (χ4v) is 4.53. The highest BCUT2D eigenvalue weighted by Crippen LogP contribution is 2.27. The van der Waals surface area contributed by atoms with Gasteiger partial charge in [0.1, 0.15) is 5.75 Å². The molecule has 0 radical (unpaired) electrons. The third-order valence-electron chi connectivity index (χ3n) is 5.16. The molecule has 4 rings (SSSR count). The van der Waals surface area contributed by atoms with E-state index in [4.69, 9.17) is 4.74 Å². The summed E-state index contributed by atoms with van der Waals surface area (Å²) in [7, 11) is 1.63. The average molecular weight is 396 g/mol. The highest BCUT2D eigenvalue weighted by Gasteiger charge is 2.20. The number of ether oxygens (including phenoxy) is 1. The summed E-state index contributed by atoms with van der Waals surface area (Å²) in [5.74, 6) is 0.815. The van der Waals surface area contributed by atoms with Crippen molar-refractivity contribution in [3.8, 4) is 5.75 Å². The predicted octanol–water partition coefficient (Wildman–Crippen LogP) is 3.67. The van der Waals surface area contributed by atoms with Crippen LogP contribution in [0.4, 0.5) is 5.69 Å². The van der Waals surface area contributed by atoms with Crippen molar-refractivity contribution in [3.63, 3.8) is 0 Å². The topological polar surface area (TPSA) is 44.8 Å². The van der Waals surface area contributed by atoms with Gasteiger partial charge in [-0.05, 0) is 46.7 Å². The molecule has 2 aromatic carbocycles. The third kappa shape index (κ3) is 4.52. The van der Waals surface area contributed by atoms with Crippen LogP contribution in [0.25, 0.3) is 10.1 Å². The molecule has 1 fully saturated rings. The Morgan fingerprint density at radius 2 is 1.75 bits per heavy atom. The van der Waals surface area contributed by atoms with Crippen LogP contribution >= 0.6 is 11.3 Å². The smallest absolute Gasteiger partial charge is 0.238 e. The number of fused-ring (bicyclic) bond motifs is 1. The summed E-state index contributed by atoms with van der Waals surface area (Å²) in [5, 5.41) is 6.61. The van der Waals surface area contributed by atoms with Gasteiger partial charge >= 0.3 is 0 Å². The maximum atomic E-state index is 12.3. The second-order valence-electron chi connectivity index (χ2n) is 7.09. The molecule has 5 nitrogen and oxygen atoms in total. The second-order valence-corrected chi connectivity index (χ2v) is 8.00. The number of carbonyl (C=O) groups excluding carboxylic acids is 1. The lowest BCUT2D eigenvalue weighted by atomic mass is 10.1. The Morgan fingerprint density at radius 3 is 2.50 bits per heavy atom. The maximum absolute atomic E-state index is 12.3. The van der Waals surface area contributed by atoms with Gasteiger partial charge in [0, 0.05) is 43.1 Å². The van der Waals surface area contributed by atoms with E-state index in [-0.39, 0.29) is 5.91 Å². The first-order valence-corrected chi connectivity index (χ1v) is 10.4. The number of benzene rings is 2. The molecule has 2 heterocycles. The summed E-state index contributed by atoms with van der Waals surface area (Å²) >= 11 is 1.82. The zero-order chi connectivity index (χ0) is 19.3. The minimum absolute atomic E-state index is 0.0300. The molecule has 0 saturated carbocycles. The number of amides is 1. The molecule has 1 amide bonds. The summed E-state index contributed by atoms with van der Waals surface area (Å²) < 4.78 is 6.49. The summed E-state index contributed by atoms with van der Waals surface area (Å²) in [5.41, 5.74) is 2.21. The Labute approximate surface area is 169 Å². The molecule has 0 unspecified atom stereocenters. The molecule has 1 aliphatic rings. The normalized spacial score (nSPS) is 15.6. The van der Waals surface area contributed by atoms with E-state index < -0.39 is 0 Å². The minimum atomic E-state index is 0.0300. The zero-order valence-corrected chi connectivity index (χ0v) is 16.9. The minimum Gasteiger partial charge on any atom is -0.497 e. The van der Waals surface area contributed by atoms with Gasteiger partial charge < -0.3 is 10.1 Å². The van der Waals surface area contributed by atoms with Crippen molar-refractivity contribution in [2.75, 3.05) is 45.2 Å². The fourth-order valence-electron chi connectivity index (χ4n) is 3.58. The molecular weight excluding hydrogens is 370 g/mol. The summed E-state index contributed by atoms with van der Waals surface area (Å²) in [6.45, 7) is 5.22. The van der Waals surface area contributed by atoms with Gasteiger partial charge in [-0.25, -0.2) is 0 Å². The van der Waals surface area contributed by atoms with Crippen LogP contribution < -0.4 is 10.1 Å². The SMILES string of the molecule is COc1ccc(NC(=O)CN2CCN(Cc3csc4ccccc34)CC2)cc1. The molecule has 0 aliphatic carbocycles. The quantitative estimate of drug-likeness (QED) is 0.692. The van der Waals surface area contributed by atoms with E-state index in [0.29, 0.717) is 6.54 Å². The number of carbonyl (C=O) groups is 1. The highest BCUT2D eigenvalue weighted by molar-refractivity contribution is 7.17. The van der Waals surface area contributed by atoms with Crippen molar-refractivity contribution in [3.05, 3.63) is 59.5 Å². The third-order valence-corrected chi connectivity index (χ3v) is 6.17. The van der Waals surface area contributed by atoms with Crippen LogP contribution in [0, 0.1) is 0 Å². The van der Waals surface area contributed by atoms with Crippen LogP contribution in [0.1, 0.15) is 5.56 Å². The van der Waals surface area contributed by atoms with Crippen molar-refractivity contribution in [1.82, 2.24) is 9.80 Å². The number of hydrogen-bond acceptors (Lipinski definition) is 5. The van der Waals surface area contributed by atoms with Crippen molar-refractivity contribution < 1.29 is 9.53 Å². The van der Waals surface area contributed by atoms with Gasteiger partial charge in [-0.2, -0.15) is 0 Å². The van der Waals surface area contributed by atoms with E-state index in [0.717, 1.165) is 44.2 Å². The molecule has 0 spiro atoms. The van der Waals surface area contributed by atoms with Crippen molar-refractivity contribution in [1.29, 1.82) is 0 Å². The Hall–Kier alpha value is -2.41. The Kier molecular flexibility index (Phi) is 5.90. The molecule has 1 N–H and O–H groups in total. The van der Waals surface area contributed by atoms with Gasteiger partial charge in [-0.1, -0.05) is 18.2 Å². The molecule has 0 bridgehead atoms. The first kappa shape index (κ1) is 18.9. The molecule has 146 valence electrons. The van der Waals surface area contributed by atoms with Crippen molar-refractivity contribution in [2.45, 2.75) is 6.54 Å². The number of nitrogens with one attached hydrogen (secondary N) is 1. The van der Waals surface area contributed by atoms with Crippen LogP contribution in [-0.2, 0) is 11.3 Å². The highest BCUT2D eigenvalue weighted by atomic mass is 32.1. The van der Waals surface area contributed by atoms with Gasteiger partial charge in [0.25, 0.3) is 0 Å². The lowest BCUT2D eigenvalue weighted by molar-refractivity contribution is -0.117. The first-order valence-electron chi connectivity index (χ1n) is 9.55. The number of methoxy groups -OCH3 is 1. The van der Waals surface area contributed by atoms with Crippen LogP contribution in [0.5, 0.6) is 5.75 Å². The number of anilines is 1. The number of piperazine rings is 1.